The van der Waals surface area contributed by atoms with Crippen LogP contribution in [0.2, 0.25) is 0 Å². The molecule has 0 bridgehead atoms. The highest BCUT2D eigenvalue weighted by Crippen LogP contribution is 2.38. The molecule has 0 aliphatic carbocycles. The average molecular weight is 388 g/mol. The van der Waals surface area contributed by atoms with Crippen LogP contribution in [0.15, 0.2) is 48.5 Å². The molecule has 2 aromatic heterocycles. The summed E-state index contributed by atoms with van der Waals surface area (Å²) in [4.78, 5) is 25.0. The molecule has 5 rings (SSSR count). The number of benzene rings is 2. The van der Waals surface area contributed by atoms with Gasteiger partial charge in [0.15, 0.2) is 0 Å². The fraction of sp³-hybridized carbons (Fsp3) is 0.261. The van der Waals surface area contributed by atoms with Crippen LogP contribution < -0.4 is 0 Å². The summed E-state index contributed by atoms with van der Waals surface area (Å²) >= 11 is 1.70. The van der Waals surface area contributed by atoms with E-state index in [9.17, 15) is 4.79 Å². The van der Waals surface area contributed by atoms with Gasteiger partial charge in [-0.15, -0.1) is 11.3 Å². The highest BCUT2D eigenvalue weighted by atomic mass is 32.1. The number of hydrogen-bond acceptors (Lipinski definition) is 4. The summed E-state index contributed by atoms with van der Waals surface area (Å²) in [6.45, 7) is 4.77. The lowest BCUT2D eigenvalue weighted by molar-refractivity contribution is 0.0737. The molecule has 4 aromatic rings. The number of para-hydroxylation sites is 1. The minimum Gasteiger partial charge on any atom is -0.329 e. The fourth-order valence-electron chi connectivity index (χ4n) is 4.10. The maximum Gasteiger partial charge on any atom is 0.255 e. The van der Waals surface area contributed by atoms with Gasteiger partial charge in [0.1, 0.15) is 5.01 Å². The SMILES string of the molecule is Cc1ccc2nc(C)cc(C(=O)N3CCCC3c3nc4ccccc4s3)c2c1. The van der Waals surface area contributed by atoms with E-state index >= 15 is 0 Å². The maximum absolute atomic E-state index is 13.6. The smallest absolute Gasteiger partial charge is 0.255 e. The minimum atomic E-state index is 0.0539. The first kappa shape index (κ1) is 17.3. The van der Waals surface area contributed by atoms with Crippen LogP contribution in [0.25, 0.3) is 21.1 Å². The lowest BCUT2D eigenvalue weighted by Crippen LogP contribution is -2.30. The predicted molar refractivity (Wildman–Crippen MR) is 114 cm³/mol. The molecule has 0 saturated carbocycles. The number of amides is 1. The molecule has 5 heteroatoms. The Labute approximate surface area is 167 Å². The largest absolute Gasteiger partial charge is 0.329 e. The second-order valence-corrected chi connectivity index (χ2v) is 8.57. The van der Waals surface area contributed by atoms with E-state index in [4.69, 9.17) is 4.98 Å². The molecule has 0 N–H and O–H groups in total. The number of aryl methyl sites for hydroxylation is 2. The molecule has 1 aliphatic rings. The summed E-state index contributed by atoms with van der Waals surface area (Å²) in [5.74, 6) is 0.0860. The van der Waals surface area contributed by atoms with Crippen LogP contribution in [0.3, 0.4) is 0 Å². The van der Waals surface area contributed by atoms with E-state index in [1.807, 2.05) is 55.1 Å². The number of hydrogen-bond donors (Lipinski definition) is 0. The Hall–Kier alpha value is -2.79. The number of nitrogens with zero attached hydrogens (tertiary/aromatic N) is 3. The van der Waals surface area contributed by atoms with Gasteiger partial charge < -0.3 is 4.90 Å². The number of fused-ring (bicyclic) bond motifs is 2. The topological polar surface area (TPSA) is 46.1 Å². The lowest BCUT2D eigenvalue weighted by Gasteiger charge is -2.24. The first-order valence-electron chi connectivity index (χ1n) is 9.64. The van der Waals surface area contributed by atoms with Gasteiger partial charge in [0.05, 0.1) is 27.3 Å². The quantitative estimate of drug-likeness (QED) is 0.460. The summed E-state index contributed by atoms with van der Waals surface area (Å²) in [6, 6.07) is 16.3. The average Bonchev–Trinajstić information content (AvgIpc) is 3.33. The number of pyridine rings is 1. The van der Waals surface area contributed by atoms with E-state index in [1.165, 1.54) is 4.70 Å². The Morgan fingerprint density at radius 3 is 2.79 bits per heavy atom. The molecule has 1 unspecified atom stereocenters. The molecule has 1 aliphatic heterocycles. The number of rotatable bonds is 2. The Bertz CT molecular complexity index is 1180. The van der Waals surface area contributed by atoms with E-state index in [2.05, 4.69) is 17.1 Å². The van der Waals surface area contributed by atoms with Gasteiger partial charge in [-0.1, -0.05) is 23.8 Å². The Kier molecular flexibility index (Phi) is 4.13. The van der Waals surface area contributed by atoms with Gasteiger partial charge in [-0.2, -0.15) is 0 Å². The van der Waals surface area contributed by atoms with Crippen molar-refractivity contribution in [1.29, 1.82) is 0 Å². The van der Waals surface area contributed by atoms with Crippen LogP contribution in [0, 0.1) is 13.8 Å². The van der Waals surface area contributed by atoms with Crippen LogP contribution in [0.1, 0.15) is 45.5 Å². The van der Waals surface area contributed by atoms with E-state index in [1.54, 1.807) is 11.3 Å². The molecular weight excluding hydrogens is 366 g/mol. The van der Waals surface area contributed by atoms with Crippen molar-refractivity contribution in [3.8, 4) is 0 Å². The Morgan fingerprint density at radius 2 is 1.93 bits per heavy atom. The minimum absolute atomic E-state index is 0.0539. The summed E-state index contributed by atoms with van der Waals surface area (Å²) in [5, 5.41) is 1.98. The molecule has 4 nitrogen and oxygen atoms in total. The van der Waals surface area contributed by atoms with Crippen molar-refractivity contribution in [2.75, 3.05) is 6.54 Å². The predicted octanol–water partition coefficient (Wildman–Crippen LogP) is 5.44. The van der Waals surface area contributed by atoms with Crippen LogP contribution in [-0.2, 0) is 0 Å². The van der Waals surface area contributed by atoms with Crippen molar-refractivity contribution in [3.05, 3.63) is 70.4 Å². The molecule has 1 saturated heterocycles. The number of carbonyl (C=O) groups is 1. The van der Waals surface area contributed by atoms with Crippen LogP contribution in [0.5, 0.6) is 0 Å². The third kappa shape index (κ3) is 2.87. The summed E-state index contributed by atoms with van der Waals surface area (Å²) in [7, 11) is 0. The summed E-state index contributed by atoms with van der Waals surface area (Å²) in [5.41, 5.74) is 4.65. The number of thiazole rings is 1. The second-order valence-electron chi connectivity index (χ2n) is 7.51. The fourth-order valence-corrected chi connectivity index (χ4v) is 5.22. The van der Waals surface area contributed by atoms with Crippen molar-refractivity contribution in [2.24, 2.45) is 0 Å². The van der Waals surface area contributed by atoms with Crippen molar-refractivity contribution >= 4 is 38.4 Å². The first-order valence-corrected chi connectivity index (χ1v) is 10.5. The van der Waals surface area contributed by atoms with Crippen LogP contribution in [0.4, 0.5) is 0 Å². The highest BCUT2D eigenvalue weighted by molar-refractivity contribution is 7.18. The zero-order valence-electron chi connectivity index (χ0n) is 16.0. The molecule has 1 atom stereocenters. The van der Waals surface area contributed by atoms with Gasteiger partial charge in [-0.3, -0.25) is 9.78 Å². The molecule has 2 aromatic carbocycles. The van der Waals surface area contributed by atoms with Gasteiger partial charge in [0.2, 0.25) is 0 Å². The van der Waals surface area contributed by atoms with Crippen LogP contribution in [-0.4, -0.2) is 27.3 Å². The molecule has 28 heavy (non-hydrogen) atoms. The number of carbonyl (C=O) groups excluding carboxylic acids is 1. The molecule has 0 radical (unpaired) electrons. The molecule has 1 amide bonds. The number of likely N-dealkylation sites (tertiary alicyclic amines) is 1. The van der Waals surface area contributed by atoms with Crippen molar-refractivity contribution in [3.63, 3.8) is 0 Å². The second kappa shape index (κ2) is 6.67. The monoisotopic (exact) mass is 387 g/mol. The van der Waals surface area contributed by atoms with Crippen molar-refractivity contribution < 1.29 is 4.79 Å². The molecule has 140 valence electrons. The first-order chi connectivity index (χ1) is 13.6. The zero-order valence-corrected chi connectivity index (χ0v) is 16.8. The summed E-state index contributed by atoms with van der Waals surface area (Å²) < 4.78 is 1.18. The van der Waals surface area contributed by atoms with Gasteiger partial charge >= 0.3 is 0 Å². The molecule has 1 fully saturated rings. The Balaban J connectivity index is 1.57. The number of aromatic nitrogens is 2. The molecule has 3 heterocycles. The zero-order chi connectivity index (χ0) is 19.3. The third-order valence-electron chi connectivity index (χ3n) is 5.43. The van der Waals surface area contributed by atoms with Crippen molar-refractivity contribution in [1.82, 2.24) is 14.9 Å². The van der Waals surface area contributed by atoms with E-state index < -0.39 is 0 Å². The van der Waals surface area contributed by atoms with Gasteiger partial charge in [-0.05, 0) is 57.0 Å². The highest BCUT2D eigenvalue weighted by Gasteiger charge is 2.33. The van der Waals surface area contributed by atoms with Crippen molar-refractivity contribution in [2.45, 2.75) is 32.7 Å². The standard InChI is InChI=1S/C23H21N3OS/c1-14-9-10-18-16(12-14)17(13-15(2)24-18)23(27)26-11-5-7-20(26)22-25-19-6-3-4-8-21(19)28-22/h3-4,6,8-10,12-13,20H,5,7,11H2,1-2H3. The van der Waals surface area contributed by atoms with Gasteiger partial charge in [0.25, 0.3) is 5.91 Å². The maximum atomic E-state index is 13.6. The molecular formula is C23H21N3OS. The van der Waals surface area contributed by atoms with E-state index in [-0.39, 0.29) is 11.9 Å². The van der Waals surface area contributed by atoms with E-state index in [0.717, 1.165) is 57.6 Å². The van der Waals surface area contributed by atoms with Gasteiger partial charge in [-0.25, -0.2) is 4.98 Å². The van der Waals surface area contributed by atoms with Crippen LogP contribution >= 0.6 is 11.3 Å². The Morgan fingerprint density at radius 1 is 1.07 bits per heavy atom. The summed E-state index contributed by atoms with van der Waals surface area (Å²) in [6.07, 6.45) is 1.97. The van der Waals surface area contributed by atoms with E-state index in [0.29, 0.717) is 0 Å². The van der Waals surface area contributed by atoms with Gasteiger partial charge in [0, 0.05) is 17.6 Å². The third-order valence-corrected chi connectivity index (χ3v) is 6.57. The lowest BCUT2D eigenvalue weighted by atomic mass is 10.0. The normalized spacial score (nSPS) is 16.9. The molecule has 0 spiro atoms.